The molecule has 1 saturated heterocycles. The lowest BCUT2D eigenvalue weighted by Gasteiger charge is -2.43. The van der Waals surface area contributed by atoms with E-state index in [0.29, 0.717) is 0 Å². The Balaban J connectivity index is 1.44. The first kappa shape index (κ1) is 17.7. The van der Waals surface area contributed by atoms with E-state index in [1.807, 2.05) is 29.2 Å². The van der Waals surface area contributed by atoms with Crippen molar-refractivity contribution in [1.82, 2.24) is 9.80 Å². The lowest BCUT2D eigenvalue weighted by molar-refractivity contribution is -0.135. The number of hydrogen-bond acceptors (Lipinski definition) is 3. The molecule has 2 unspecified atom stereocenters. The molecule has 1 aliphatic carbocycles. The average molecular weight is 395 g/mol. The highest BCUT2D eigenvalue weighted by Gasteiger charge is 2.30. The van der Waals surface area contributed by atoms with Gasteiger partial charge in [0, 0.05) is 36.7 Å². The number of piperazine rings is 1. The highest BCUT2D eigenvalue weighted by Crippen LogP contribution is 2.28. The van der Waals surface area contributed by atoms with Gasteiger partial charge in [-0.3, -0.25) is 9.69 Å². The molecule has 2 aliphatic rings. The molecule has 1 aliphatic heterocycles. The van der Waals surface area contributed by atoms with Gasteiger partial charge in [-0.1, -0.05) is 35.7 Å². The van der Waals surface area contributed by atoms with Crippen molar-refractivity contribution in [2.45, 2.75) is 38.6 Å². The third-order valence-electron chi connectivity index (χ3n) is 5.38. The van der Waals surface area contributed by atoms with Crippen molar-refractivity contribution in [3.8, 4) is 5.75 Å². The van der Waals surface area contributed by atoms with Crippen LogP contribution in [0.1, 0.15) is 32.6 Å². The number of nitrogens with zero attached hydrogens (tertiary/aromatic N) is 2. The topological polar surface area (TPSA) is 32.8 Å². The summed E-state index contributed by atoms with van der Waals surface area (Å²) in [5.41, 5.74) is 0. The normalized spacial score (nSPS) is 25.5. The van der Waals surface area contributed by atoms with E-state index in [4.69, 9.17) is 4.74 Å². The van der Waals surface area contributed by atoms with Gasteiger partial charge in [0.15, 0.2) is 6.61 Å². The first-order valence-electron chi connectivity index (χ1n) is 9.03. The van der Waals surface area contributed by atoms with Crippen molar-refractivity contribution < 1.29 is 9.53 Å². The molecule has 4 nitrogen and oxygen atoms in total. The largest absolute Gasteiger partial charge is 0.484 e. The molecule has 0 radical (unpaired) electrons. The van der Waals surface area contributed by atoms with Gasteiger partial charge < -0.3 is 9.64 Å². The highest BCUT2D eigenvalue weighted by atomic mass is 79.9. The second-order valence-electron chi connectivity index (χ2n) is 6.99. The maximum Gasteiger partial charge on any atom is 0.260 e. The molecule has 24 heavy (non-hydrogen) atoms. The van der Waals surface area contributed by atoms with Crippen LogP contribution in [-0.2, 0) is 4.79 Å². The summed E-state index contributed by atoms with van der Waals surface area (Å²) in [5, 5.41) is 0. The van der Waals surface area contributed by atoms with Crippen LogP contribution in [0.3, 0.4) is 0 Å². The van der Waals surface area contributed by atoms with Gasteiger partial charge in [-0.05, 0) is 43.0 Å². The van der Waals surface area contributed by atoms with Gasteiger partial charge in [0.05, 0.1) is 0 Å². The molecule has 0 spiro atoms. The fraction of sp³-hybridized carbons (Fsp3) is 0.632. The minimum absolute atomic E-state index is 0.0919. The molecule has 1 amide bonds. The summed E-state index contributed by atoms with van der Waals surface area (Å²) >= 11 is 3.40. The van der Waals surface area contributed by atoms with Crippen molar-refractivity contribution >= 4 is 21.8 Å². The second-order valence-corrected chi connectivity index (χ2v) is 7.90. The van der Waals surface area contributed by atoms with Crippen LogP contribution in [0.15, 0.2) is 28.7 Å². The monoisotopic (exact) mass is 394 g/mol. The van der Waals surface area contributed by atoms with Crippen LogP contribution < -0.4 is 4.74 Å². The smallest absolute Gasteiger partial charge is 0.260 e. The molecular weight excluding hydrogens is 368 g/mol. The SMILES string of the molecule is CC1CCCCC1N1CCN(C(=O)COc2ccc(Br)cc2)CC1. The van der Waals surface area contributed by atoms with Gasteiger partial charge in [-0.25, -0.2) is 0 Å². The third kappa shape index (κ3) is 4.51. The number of benzene rings is 1. The summed E-state index contributed by atoms with van der Waals surface area (Å²) in [7, 11) is 0. The third-order valence-corrected chi connectivity index (χ3v) is 5.91. The summed E-state index contributed by atoms with van der Waals surface area (Å²) in [6.07, 6.45) is 5.41. The number of ether oxygens (including phenoxy) is 1. The first-order valence-corrected chi connectivity index (χ1v) is 9.83. The van der Waals surface area contributed by atoms with Gasteiger partial charge >= 0.3 is 0 Å². The van der Waals surface area contributed by atoms with Crippen LogP contribution in [0.5, 0.6) is 5.75 Å². The second kappa shape index (κ2) is 8.34. The Morgan fingerprint density at radius 1 is 1.12 bits per heavy atom. The summed E-state index contributed by atoms with van der Waals surface area (Å²) in [6.45, 7) is 6.16. The van der Waals surface area contributed by atoms with E-state index in [0.717, 1.165) is 48.4 Å². The van der Waals surface area contributed by atoms with Crippen LogP contribution in [0, 0.1) is 5.92 Å². The van der Waals surface area contributed by atoms with Crippen molar-refractivity contribution in [1.29, 1.82) is 0 Å². The minimum atomic E-state index is 0.0919. The first-order chi connectivity index (χ1) is 11.6. The quantitative estimate of drug-likeness (QED) is 0.782. The highest BCUT2D eigenvalue weighted by molar-refractivity contribution is 9.10. The van der Waals surface area contributed by atoms with Crippen LogP contribution >= 0.6 is 15.9 Å². The molecule has 0 aromatic heterocycles. The van der Waals surface area contributed by atoms with Crippen LogP contribution in [-0.4, -0.2) is 54.5 Å². The standard InChI is InChI=1S/C19H27BrN2O2/c1-15-4-2-3-5-18(15)21-10-12-22(13-11-21)19(23)14-24-17-8-6-16(20)7-9-17/h6-9,15,18H,2-5,10-14H2,1H3. The van der Waals surface area contributed by atoms with E-state index in [9.17, 15) is 4.79 Å². The average Bonchev–Trinajstić information content (AvgIpc) is 2.61. The molecule has 0 N–H and O–H groups in total. The zero-order valence-electron chi connectivity index (χ0n) is 14.4. The minimum Gasteiger partial charge on any atom is -0.484 e. The van der Waals surface area contributed by atoms with E-state index in [-0.39, 0.29) is 12.5 Å². The predicted molar refractivity (Wildman–Crippen MR) is 99.2 cm³/mol. The lowest BCUT2D eigenvalue weighted by atomic mass is 9.84. The Morgan fingerprint density at radius 3 is 2.46 bits per heavy atom. The molecule has 1 aromatic rings. The van der Waals surface area contributed by atoms with E-state index >= 15 is 0 Å². The number of carbonyl (C=O) groups is 1. The molecule has 3 rings (SSSR count). The van der Waals surface area contributed by atoms with Crippen LogP contribution in [0.2, 0.25) is 0 Å². The number of rotatable bonds is 4. The summed E-state index contributed by atoms with van der Waals surface area (Å²) in [6, 6.07) is 8.31. The maximum absolute atomic E-state index is 12.4. The van der Waals surface area contributed by atoms with Crippen LogP contribution in [0.25, 0.3) is 0 Å². The van der Waals surface area contributed by atoms with Crippen molar-refractivity contribution in [3.63, 3.8) is 0 Å². The Labute approximate surface area is 153 Å². The number of carbonyl (C=O) groups excluding carboxylic acids is 1. The summed E-state index contributed by atoms with van der Waals surface area (Å²) in [4.78, 5) is 16.9. The van der Waals surface area contributed by atoms with Crippen molar-refractivity contribution in [2.75, 3.05) is 32.8 Å². The Bertz CT molecular complexity index is 541. The molecule has 2 fully saturated rings. The molecule has 132 valence electrons. The fourth-order valence-electron chi connectivity index (χ4n) is 3.91. The Hall–Kier alpha value is -1.07. The van der Waals surface area contributed by atoms with Gasteiger partial charge in [0.2, 0.25) is 0 Å². The Morgan fingerprint density at radius 2 is 1.79 bits per heavy atom. The van der Waals surface area contributed by atoms with Gasteiger partial charge in [-0.15, -0.1) is 0 Å². The summed E-state index contributed by atoms with van der Waals surface area (Å²) in [5.74, 6) is 1.62. The molecular formula is C19H27BrN2O2. The predicted octanol–water partition coefficient (Wildman–Crippen LogP) is 3.55. The number of halogens is 1. The lowest BCUT2D eigenvalue weighted by Crippen LogP contribution is -2.54. The van der Waals surface area contributed by atoms with E-state index < -0.39 is 0 Å². The van der Waals surface area contributed by atoms with E-state index in [2.05, 4.69) is 27.8 Å². The van der Waals surface area contributed by atoms with Gasteiger partial charge in [0.25, 0.3) is 5.91 Å². The molecule has 1 saturated carbocycles. The molecule has 5 heteroatoms. The van der Waals surface area contributed by atoms with Gasteiger partial charge in [-0.2, -0.15) is 0 Å². The Kier molecular flexibility index (Phi) is 6.17. The number of amides is 1. The van der Waals surface area contributed by atoms with Crippen LogP contribution in [0.4, 0.5) is 0 Å². The van der Waals surface area contributed by atoms with E-state index in [1.165, 1.54) is 25.7 Å². The van der Waals surface area contributed by atoms with Gasteiger partial charge in [0.1, 0.15) is 5.75 Å². The molecule has 1 aromatic carbocycles. The zero-order valence-corrected chi connectivity index (χ0v) is 16.0. The zero-order chi connectivity index (χ0) is 16.9. The molecule has 2 atom stereocenters. The maximum atomic E-state index is 12.4. The number of hydrogen-bond donors (Lipinski definition) is 0. The fourth-order valence-corrected chi connectivity index (χ4v) is 4.17. The summed E-state index contributed by atoms with van der Waals surface area (Å²) < 4.78 is 6.62. The van der Waals surface area contributed by atoms with Crippen molar-refractivity contribution in [2.24, 2.45) is 5.92 Å². The van der Waals surface area contributed by atoms with Crippen molar-refractivity contribution in [3.05, 3.63) is 28.7 Å². The van der Waals surface area contributed by atoms with E-state index in [1.54, 1.807) is 0 Å². The molecule has 1 heterocycles. The molecule has 0 bridgehead atoms.